The number of halogens is 1. The summed E-state index contributed by atoms with van der Waals surface area (Å²) in [7, 11) is 0. The maximum absolute atomic E-state index is 3.30. The molecule has 0 aromatic rings. The van der Waals surface area contributed by atoms with Gasteiger partial charge in [-0.05, 0) is 12.8 Å². The van der Waals surface area contributed by atoms with Crippen LogP contribution in [0.2, 0.25) is 0 Å². The molecule has 0 aromatic carbocycles. The van der Waals surface area contributed by atoms with Crippen LogP contribution in [-0.4, -0.2) is 0 Å². The van der Waals surface area contributed by atoms with Gasteiger partial charge in [0.15, 0.2) is 0 Å². The van der Waals surface area contributed by atoms with Crippen molar-refractivity contribution >= 4 is 15.9 Å². The van der Waals surface area contributed by atoms with Crippen LogP contribution in [0, 0.1) is 4.83 Å². The normalized spacial score (nSPS) is 26.2. The smallest absolute Gasteiger partial charge is 0.0411 e. The molecule has 23 valence electrons. The average molecular weight is 120 g/mol. The van der Waals surface area contributed by atoms with Crippen molar-refractivity contribution in [3.05, 3.63) is 4.83 Å². The minimum atomic E-state index is 1.32. The SMILES string of the molecule is Br[C]1CC1. The molecule has 4 heavy (non-hydrogen) atoms. The van der Waals surface area contributed by atoms with Gasteiger partial charge in [0.05, 0.1) is 0 Å². The topological polar surface area (TPSA) is 0 Å². The second-order valence-electron chi connectivity index (χ2n) is 1.02. The lowest BCUT2D eigenvalue weighted by molar-refractivity contribution is 1.50. The lowest BCUT2D eigenvalue weighted by Gasteiger charge is -1.49. The highest BCUT2D eigenvalue weighted by Crippen LogP contribution is 2.37. The van der Waals surface area contributed by atoms with E-state index in [1.165, 1.54) is 17.7 Å². The van der Waals surface area contributed by atoms with E-state index in [1.807, 2.05) is 0 Å². The minimum Gasteiger partial charge on any atom is -0.0838 e. The van der Waals surface area contributed by atoms with Crippen molar-refractivity contribution in [1.82, 2.24) is 0 Å². The first-order chi connectivity index (χ1) is 1.89. The van der Waals surface area contributed by atoms with E-state index in [4.69, 9.17) is 0 Å². The molecule has 0 atom stereocenters. The Hall–Kier alpha value is 0.480. The van der Waals surface area contributed by atoms with Gasteiger partial charge in [0, 0.05) is 4.83 Å². The van der Waals surface area contributed by atoms with Crippen LogP contribution < -0.4 is 0 Å². The molecule has 0 spiro atoms. The van der Waals surface area contributed by atoms with Crippen molar-refractivity contribution in [2.24, 2.45) is 0 Å². The Bertz CT molecular complexity index is 22.5. The summed E-state index contributed by atoms with van der Waals surface area (Å²) in [5.74, 6) is 0. The van der Waals surface area contributed by atoms with Gasteiger partial charge in [0.2, 0.25) is 0 Å². The van der Waals surface area contributed by atoms with Crippen molar-refractivity contribution < 1.29 is 0 Å². The Balaban J connectivity index is 2.17. The zero-order valence-corrected chi connectivity index (χ0v) is 3.88. The second kappa shape index (κ2) is 0.713. The van der Waals surface area contributed by atoms with Crippen LogP contribution in [0.15, 0.2) is 0 Å². The first-order valence-electron chi connectivity index (χ1n) is 1.40. The van der Waals surface area contributed by atoms with Crippen molar-refractivity contribution in [1.29, 1.82) is 0 Å². The zero-order chi connectivity index (χ0) is 2.99. The maximum atomic E-state index is 3.30. The fraction of sp³-hybridized carbons (Fsp3) is 0.667. The molecule has 1 rings (SSSR count). The number of hydrogen-bond acceptors (Lipinski definition) is 0. The minimum absolute atomic E-state index is 1.32. The van der Waals surface area contributed by atoms with E-state index < -0.39 is 0 Å². The highest BCUT2D eigenvalue weighted by Gasteiger charge is 2.16. The van der Waals surface area contributed by atoms with E-state index in [0.717, 1.165) is 0 Å². The summed E-state index contributed by atoms with van der Waals surface area (Å²) in [4.78, 5) is 1.48. The van der Waals surface area contributed by atoms with E-state index in [2.05, 4.69) is 15.9 Å². The van der Waals surface area contributed by atoms with Gasteiger partial charge in [-0.15, -0.1) is 0 Å². The van der Waals surface area contributed by atoms with Crippen molar-refractivity contribution in [2.75, 3.05) is 0 Å². The molecular weight excluding hydrogens is 116 g/mol. The highest BCUT2D eigenvalue weighted by molar-refractivity contribution is 9.11. The third kappa shape index (κ3) is 0.449. The molecule has 1 heteroatoms. The van der Waals surface area contributed by atoms with Crippen LogP contribution in [0.4, 0.5) is 0 Å². The second-order valence-corrected chi connectivity index (χ2v) is 2.14. The van der Waals surface area contributed by atoms with Crippen LogP contribution >= 0.6 is 15.9 Å². The van der Waals surface area contributed by atoms with Crippen molar-refractivity contribution in [3.63, 3.8) is 0 Å². The van der Waals surface area contributed by atoms with E-state index in [0.29, 0.717) is 0 Å². The maximum Gasteiger partial charge on any atom is 0.0411 e. The largest absolute Gasteiger partial charge is 0.0838 e. The van der Waals surface area contributed by atoms with Crippen molar-refractivity contribution in [2.45, 2.75) is 12.8 Å². The number of hydrogen-bond donors (Lipinski definition) is 0. The Labute approximate surface area is 34.3 Å². The molecule has 0 heterocycles. The predicted molar refractivity (Wildman–Crippen MR) is 21.4 cm³/mol. The van der Waals surface area contributed by atoms with E-state index >= 15 is 0 Å². The molecule has 1 aliphatic rings. The molecule has 0 aliphatic heterocycles. The van der Waals surface area contributed by atoms with E-state index in [9.17, 15) is 0 Å². The van der Waals surface area contributed by atoms with Gasteiger partial charge >= 0.3 is 0 Å². The average Bonchev–Trinajstić information content (AvgIpc) is 1.75. The summed E-state index contributed by atoms with van der Waals surface area (Å²) in [6.07, 6.45) is 2.64. The van der Waals surface area contributed by atoms with E-state index in [1.54, 1.807) is 0 Å². The molecule has 0 nitrogen and oxygen atoms in total. The molecule has 0 bridgehead atoms. The molecule has 1 fully saturated rings. The fourth-order valence-corrected chi connectivity index (χ4v) is 0.245. The number of rotatable bonds is 0. The standard InChI is InChI=1S/C3H4Br/c4-3-1-2-3/h1-2H2. The lowest BCUT2D eigenvalue weighted by Crippen LogP contribution is -1.24. The van der Waals surface area contributed by atoms with Gasteiger partial charge in [-0.2, -0.15) is 0 Å². The fourth-order valence-electron chi connectivity index (χ4n) is 0.0472. The Morgan fingerprint density at radius 2 is 1.75 bits per heavy atom. The highest BCUT2D eigenvalue weighted by atomic mass is 79.9. The molecular formula is C3H4Br. The third-order valence-corrected chi connectivity index (χ3v) is 1.23. The molecule has 0 aromatic heterocycles. The zero-order valence-electron chi connectivity index (χ0n) is 2.29. The Morgan fingerprint density at radius 3 is 1.75 bits per heavy atom. The van der Waals surface area contributed by atoms with Crippen LogP contribution in [0.5, 0.6) is 0 Å². The van der Waals surface area contributed by atoms with Gasteiger partial charge in [-0.1, -0.05) is 15.9 Å². The summed E-state index contributed by atoms with van der Waals surface area (Å²) in [5.41, 5.74) is 0. The quantitative estimate of drug-likeness (QED) is 0.456. The van der Waals surface area contributed by atoms with Gasteiger partial charge in [0.25, 0.3) is 0 Å². The molecule has 0 saturated heterocycles. The molecule has 0 unspecified atom stereocenters. The lowest BCUT2D eigenvalue weighted by atomic mass is 11.0. The summed E-state index contributed by atoms with van der Waals surface area (Å²) in [6.45, 7) is 0. The van der Waals surface area contributed by atoms with Gasteiger partial charge < -0.3 is 0 Å². The van der Waals surface area contributed by atoms with E-state index in [-0.39, 0.29) is 0 Å². The molecule has 0 N–H and O–H groups in total. The molecule has 0 amide bonds. The molecule has 1 radical (unpaired) electrons. The van der Waals surface area contributed by atoms with Gasteiger partial charge in [-0.3, -0.25) is 0 Å². The van der Waals surface area contributed by atoms with Crippen LogP contribution in [0.3, 0.4) is 0 Å². The monoisotopic (exact) mass is 119 g/mol. The summed E-state index contributed by atoms with van der Waals surface area (Å²) >= 11 is 3.30. The summed E-state index contributed by atoms with van der Waals surface area (Å²) < 4.78 is 0. The molecule has 1 aliphatic carbocycles. The summed E-state index contributed by atoms with van der Waals surface area (Å²) in [6, 6.07) is 0. The predicted octanol–water partition coefficient (Wildman–Crippen LogP) is 1.71. The van der Waals surface area contributed by atoms with Crippen LogP contribution in [-0.2, 0) is 0 Å². The van der Waals surface area contributed by atoms with Crippen LogP contribution in [0.1, 0.15) is 12.8 Å². The third-order valence-electron chi connectivity index (χ3n) is 0.439. The van der Waals surface area contributed by atoms with Crippen LogP contribution in [0.25, 0.3) is 0 Å². The Kier molecular flexibility index (Phi) is 0.482. The van der Waals surface area contributed by atoms with Crippen molar-refractivity contribution in [3.8, 4) is 0 Å². The van der Waals surface area contributed by atoms with Gasteiger partial charge in [-0.25, -0.2) is 0 Å². The Morgan fingerprint density at radius 1 is 1.50 bits per heavy atom. The summed E-state index contributed by atoms with van der Waals surface area (Å²) in [5, 5.41) is 0. The van der Waals surface area contributed by atoms with Gasteiger partial charge in [0.1, 0.15) is 0 Å². The first kappa shape index (κ1) is 2.70. The molecule has 1 saturated carbocycles. The first-order valence-corrected chi connectivity index (χ1v) is 2.19.